The van der Waals surface area contributed by atoms with Gasteiger partial charge in [0, 0.05) is 12.5 Å². The average Bonchev–Trinajstić information content (AvgIpc) is 2.65. The van der Waals surface area contributed by atoms with E-state index in [9.17, 15) is 9.59 Å². The minimum absolute atomic E-state index is 0.208. The first-order chi connectivity index (χ1) is 12.4. The van der Waals surface area contributed by atoms with Gasteiger partial charge in [0.1, 0.15) is 0 Å². The number of benzene rings is 2. The van der Waals surface area contributed by atoms with Gasteiger partial charge in [0.15, 0.2) is 6.10 Å². The number of amides is 1. The molecule has 2 aromatic rings. The molecule has 2 atom stereocenters. The number of carbonyl (C=O) groups is 2. The SMILES string of the molecule is CC[C@@H](CNC(=O)[C@@H](C)OC(=O)c1ccc(Cl)c(N)c1)c1ccccc1. The van der Waals surface area contributed by atoms with Gasteiger partial charge < -0.3 is 15.8 Å². The molecule has 138 valence electrons. The van der Waals surface area contributed by atoms with Gasteiger partial charge in [-0.1, -0.05) is 48.9 Å². The minimum atomic E-state index is -0.910. The quantitative estimate of drug-likeness (QED) is 0.570. The number of nitrogens with one attached hydrogen (secondary N) is 1. The van der Waals surface area contributed by atoms with Gasteiger partial charge in [-0.25, -0.2) is 4.79 Å². The van der Waals surface area contributed by atoms with Crippen LogP contribution in [0.1, 0.15) is 42.1 Å². The fourth-order valence-corrected chi connectivity index (χ4v) is 2.66. The summed E-state index contributed by atoms with van der Waals surface area (Å²) in [5.74, 6) is -0.750. The number of nitrogen functional groups attached to an aromatic ring is 1. The number of halogens is 1. The van der Waals surface area contributed by atoms with E-state index in [0.717, 1.165) is 12.0 Å². The molecule has 0 aromatic heterocycles. The summed E-state index contributed by atoms with van der Waals surface area (Å²) in [6.45, 7) is 4.09. The van der Waals surface area contributed by atoms with E-state index in [1.807, 2.05) is 30.3 Å². The molecule has 0 fully saturated rings. The Hall–Kier alpha value is -2.53. The van der Waals surface area contributed by atoms with E-state index >= 15 is 0 Å². The van der Waals surface area contributed by atoms with Gasteiger partial charge in [-0.05, 0) is 37.1 Å². The third kappa shape index (κ3) is 5.23. The molecule has 6 heteroatoms. The minimum Gasteiger partial charge on any atom is -0.449 e. The van der Waals surface area contributed by atoms with Gasteiger partial charge in [-0.3, -0.25) is 4.79 Å². The largest absolute Gasteiger partial charge is 0.449 e. The van der Waals surface area contributed by atoms with Crippen LogP contribution in [0.15, 0.2) is 48.5 Å². The van der Waals surface area contributed by atoms with Crippen LogP contribution in [-0.4, -0.2) is 24.5 Å². The molecule has 0 heterocycles. The van der Waals surface area contributed by atoms with Crippen molar-refractivity contribution < 1.29 is 14.3 Å². The number of nitrogens with two attached hydrogens (primary N) is 1. The van der Waals surface area contributed by atoms with Crippen molar-refractivity contribution in [1.29, 1.82) is 0 Å². The molecule has 3 N–H and O–H groups in total. The van der Waals surface area contributed by atoms with E-state index in [2.05, 4.69) is 12.2 Å². The fraction of sp³-hybridized carbons (Fsp3) is 0.300. The number of rotatable bonds is 7. The Labute approximate surface area is 158 Å². The lowest BCUT2D eigenvalue weighted by Crippen LogP contribution is -2.38. The highest BCUT2D eigenvalue weighted by molar-refractivity contribution is 6.33. The van der Waals surface area contributed by atoms with Crippen LogP contribution in [-0.2, 0) is 9.53 Å². The number of hydrogen-bond donors (Lipinski definition) is 2. The predicted octanol–water partition coefficient (Wildman–Crippen LogP) is 3.78. The fourth-order valence-electron chi connectivity index (χ4n) is 2.54. The molecule has 2 aromatic carbocycles. The molecule has 0 saturated carbocycles. The van der Waals surface area contributed by atoms with Crippen molar-refractivity contribution in [3.8, 4) is 0 Å². The summed E-state index contributed by atoms with van der Waals surface area (Å²) in [6.07, 6.45) is -0.0182. The number of esters is 1. The van der Waals surface area contributed by atoms with Crippen molar-refractivity contribution in [3.05, 3.63) is 64.7 Å². The van der Waals surface area contributed by atoms with E-state index in [4.69, 9.17) is 22.1 Å². The van der Waals surface area contributed by atoms with Crippen molar-refractivity contribution in [2.75, 3.05) is 12.3 Å². The highest BCUT2D eigenvalue weighted by Crippen LogP contribution is 2.20. The lowest BCUT2D eigenvalue weighted by molar-refractivity contribution is -0.129. The molecule has 0 unspecified atom stereocenters. The molecule has 0 bridgehead atoms. The zero-order valence-electron chi connectivity index (χ0n) is 14.9. The Morgan fingerprint density at radius 1 is 1.19 bits per heavy atom. The first kappa shape index (κ1) is 19.8. The molecule has 26 heavy (non-hydrogen) atoms. The molecule has 0 spiro atoms. The Kier molecular flexibility index (Phi) is 7.04. The number of anilines is 1. The topological polar surface area (TPSA) is 81.4 Å². The second-order valence-electron chi connectivity index (χ2n) is 6.04. The lowest BCUT2D eigenvalue weighted by Gasteiger charge is -2.18. The van der Waals surface area contributed by atoms with Gasteiger partial charge in [-0.15, -0.1) is 0 Å². The Balaban J connectivity index is 1.90. The molecule has 2 rings (SSSR count). The third-order valence-corrected chi connectivity index (χ3v) is 4.52. The van der Waals surface area contributed by atoms with Crippen molar-refractivity contribution >= 4 is 29.2 Å². The van der Waals surface area contributed by atoms with Gasteiger partial charge in [0.05, 0.1) is 16.3 Å². The van der Waals surface area contributed by atoms with E-state index in [0.29, 0.717) is 11.6 Å². The van der Waals surface area contributed by atoms with Crippen LogP contribution in [0.5, 0.6) is 0 Å². The molecule has 0 aliphatic heterocycles. The van der Waals surface area contributed by atoms with Gasteiger partial charge >= 0.3 is 5.97 Å². The maximum absolute atomic E-state index is 12.2. The van der Waals surface area contributed by atoms with Gasteiger partial charge in [0.25, 0.3) is 5.91 Å². The summed E-state index contributed by atoms with van der Waals surface area (Å²) in [7, 11) is 0. The van der Waals surface area contributed by atoms with E-state index in [1.165, 1.54) is 25.1 Å². The third-order valence-electron chi connectivity index (χ3n) is 4.17. The smallest absolute Gasteiger partial charge is 0.338 e. The van der Waals surface area contributed by atoms with Gasteiger partial charge in [0.2, 0.25) is 0 Å². The van der Waals surface area contributed by atoms with Crippen molar-refractivity contribution in [2.45, 2.75) is 32.3 Å². The summed E-state index contributed by atoms with van der Waals surface area (Å²) < 4.78 is 5.22. The van der Waals surface area contributed by atoms with Crippen molar-refractivity contribution in [1.82, 2.24) is 5.32 Å². The Morgan fingerprint density at radius 3 is 2.50 bits per heavy atom. The summed E-state index contributed by atoms with van der Waals surface area (Å²) in [4.78, 5) is 24.4. The van der Waals surface area contributed by atoms with Crippen LogP contribution < -0.4 is 11.1 Å². The predicted molar refractivity (Wildman–Crippen MR) is 103 cm³/mol. The second kappa shape index (κ2) is 9.25. The van der Waals surface area contributed by atoms with Crippen LogP contribution in [0.3, 0.4) is 0 Å². The summed E-state index contributed by atoms with van der Waals surface area (Å²) in [5, 5.41) is 3.21. The lowest BCUT2D eigenvalue weighted by atomic mass is 9.96. The first-order valence-electron chi connectivity index (χ1n) is 8.51. The highest BCUT2D eigenvalue weighted by Gasteiger charge is 2.20. The summed E-state index contributed by atoms with van der Waals surface area (Å²) in [5.41, 5.74) is 7.38. The molecule has 0 saturated heterocycles. The highest BCUT2D eigenvalue weighted by atomic mass is 35.5. The molecule has 0 radical (unpaired) electrons. The number of hydrogen-bond acceptors (Lipinski definition) is 4. The van der Waals surface area contributed by atoms with Crippen LogP contribution in [0.4, 0.5) is 5.69 Å². The second-order valence-corrected chi connectivity index (χ2v) is 6.45. The van der Waals surface area contributed by atoms with Crippen molar-refractivity contribution in [2.24, 2.45) is 0 Å². The molecule has 1 amide bonds. The Morgan fingerprint density at radius 2 is 1.88 bits per heavy atom. The van der Waals surface area contributed by atoms with Gasteiger partial charge in [-0.2, -0.15) is 0 Å². The van der Waals surface area contributed by atoms with Crippen LogP contribution in [0, 0.1) is 0 Å². The van der Waals surface area contributed by atoms with Crippen LogP contribution in [0.2, 0.25) is 5.02 Å². The Bertz CT molecular complexity index is 765. The first-order valence-corrected chi connectivity index (χ1v) is 8.88. The maximum atomic E-state index is 12.2. The molecular weight excluding hydrogens is 352 g/mol. The molecular formula is C20H23ClN2O3. The zero-order valence-corrected chi connectivity index (χ0v) is 15.6. The van der Waals surface area contributed by atoms with E-state index in [1.54, 1.807) is 0 Å². The molecule has 0 aliphatic carbocycles. The normalized spacial score (nSPS) is 12.9. The van der Waals surface area contributed by atoms with Crippen molar-refractivity contribution in [3.63, 3.8) is 0 Å². The number of ether oxygens (including phenoxy) is 1. The maximum Gasteiger partial charge on any atom is 0.338 e. The standard InChI is InChI=1S/C20H23ClN2O3/c1-3-14(15-7-5-4-6-8-15)12-23-19(24)13(2)26-20(25)16-9-10-17(21)18(22)11-16/h4-11,13-14H,3,12,22H2,1-2H3,(H,23,24)/t13-,14+/m1/s1. The molecule has 0 aliphatic rings. The van der Waals surface area contributed by atoms with Crippen LogP contribution in [0.25, 0.3) is 0 Å². The average molecular weight is 375 g/mol. The summed E-state index contributed by atoms with van der Waals surface area (Å²) in [6, 6.07) is 14.4. The monoisotopic (exact) mass is 374 g/mol. The molecule has 5 nitrogen and oxygen atoms in total. The van der Waals surface area contributed by atoms with E-state index < -0.39 is 12.1 Å². The zero-order chi connectivity index (χ0) is 19.1. The number of carbonyl (C=O) groups excluding carboxylic acids is 2. The van der Waals surface area contributed by atoms with Crippen LogP contribution >= 0.6 is 11.6 Å². The van der Waals surface area contributed by atoms with E-state index in [-0.39, 0.29) is 23.1 Å². The summed E-state index contributed by atoms with van der Waals surface area (Å²) >= 11 is 5.84.